The summed E-state index contributed by atoms with van der Waals surface area (Å²) in [6, 6.07) is 1.84. The maximum Gasteiger partial charge on any atom is 0.396 e. The van der Waals surface area contributed by atoms with Gasteiger partial charge in [-0.15, -0.1) is 6.42 Å². The largest absolute Gasteiger partial charge is 0.426 e. The fourth-order valence-electron chi connectivity index (χ4n) is 4.05. The molecule has 0 amide bonds. The SMILES string of the molecule is CC.[B]C([B])(OP1OCc2c(F)c(C(C)(C)C)cc(C(C)(C)C)c2O1)C(CCn1cc(C#C)c(=S)[nH]c1=O)OC. The molecule has 0 bridgehead atoms. The Balaban J connectivity index is 0.00000274. The normalized spacial score (nSPS) is 16.2. The zero-order valence-corrected chi connectivity index (χ0v) is 26.5. The van der Waals surface area contributed by atoms with E-state index in [9.17, 15) is 4.79 Å². The van der Waals surface area contributed by atoms with Crippen LogP contribution in [0, 0.1) is 22.8 Å². The Kier molecular flexibility index (Phi) is 11.4. The Morgan fingerprint density at radius 1 is 1.23 bits per heavy atom. The van der Waals surface area contributed by atoms with E-state index < -0.39 is 31.2 Å². The van der Waals surface area contributed by atoms with Crippen molar-refractivity contribution in [2.24, 2.45) is 0 Å². The first-order valence-corrected chi connectivity index (χ1v) is 14.6. The van der Waals surface area contributed by atoms with Gasteiger partial charge in [0.05, 0.1) is 23.8 Å². The quantitative estimate of drug-likeness (QED) is 0.189. The second-order valence-corrected chi connectivity index (χ2v) is 12.8. The van der Waals surface area contributed by atoms with Gasteiger partial charge in [-0.1, -0.05) is 73.5 Å². The average molecular weight is 586 g/mol. The zero-order chi connectivity index (χ0) is 30.6. The first kappa shape index (κ1) is 34.3. The first-order chi connectivity index (χ1) is 18.5. The molecule has 2 heterocycles. The van der Waals surface area contributed by atoms with Gasteiger partial charge in [0.15, 0.2) is 0 Å². The summed E-state index contributed by atoms with van der Waals surface area (Å²) in [7, 11) is 11.9. The van der Waals surface area contributed by atoms with Crippen LogP contribution in [-0.4, -0.2) is 43.9 Å². The predicted molar refractivity (Wildman–Crippen MR) is 162 cm³/mol. The number of aromatic nitrogens is 2. The number of rotatable bonds is 7. The van der Waals surface area contributed by atoms with Crippen LogP contribution in [0.3, 0.4) is 0 Å². The van der Waals surface area contributed by atoms with Gasteiger partial charge in [-0.3, -0.25) is 14.1 Å². The molecule has 1 aliphatic rings. The van der Waals surface area contributed by atoms with Gasteiger partial charge in [0.25, 0.3) is 0 Å². The summed E-state index contributed by atoms with van der Waals surface area (Å²) in [6.45, 7) is 16.0. The van der Waals surface area contributed by atoms with Gasteiger partial charge in [-0.05, 0) is 28.9 Å². The van der Waals surface area contributed by atoms with Gasteiger partial charge in [0, 0.05) is 30.8 Å². The minimum absolute atomic E-state index is 0.0683. The summed E-state index contributed by atoms with van der Waals surface area (Å²) in [5, 5.41) is -1.86. The number of benzene rings is 1. The van der Waals surface area contributed by atoms with Crippen molar-refractivity contribution in [3.8, 4) is 18.1 Å². The van der Waals surface area contributed by atoms with Crippen LogP contribution in [-0.2, 0) is 37.8 Å². The molecular weight excluding hydrogens is 548 g/mol. The molecule has 4 radical (unpaired) electrons. The average Bonchev–Trinajstić information content (AvgIpc) is 2.85. The number of hydrogen-bond donors (Lipinski definition) is 1. The first-order valence-electron chi connectivity index (χ1n) is 13.1. The Morgan fingerprint density at radius 2 is 1.82 bits per heavy atom. The van der Waals surface area contributed by atoms with Crippen molar-refractivity contribution in [3.63, 3.8) is 0 Å². The van der Waals surface area contributed by atoms with Crippen LogP contribution in [0.2, 0.25) is 0 Å². The molecule has 0 fully saturated rings. The number of halogens is 1. The third-order valence-electron chi connectivity index (χ3n) is 6.22. The Bertz CT molecular complexity index is 1360. The molecule has 1 aromatic carbocycles. The molecule has 12 heteroatoms. The van der Waals surface area contributed by atoms with Crippen molar-refractivity contribution in [2.45, 2.75) is 97.3 Å². The summed E-state index contributed by atoms with van der Waals surface area (Å²) in [5.41, 5.74) is 0.908. The van der Waals surface area contributed by atoms with Crippen LogP contribution in [0.15, 0.2) is 17.1 Å². The number of nitrogens with zero attached hydrogens (tertiary/aromatic N) is 1. The summed E-state index contributed by atoms with van der Waals surface area (Å²) in [4.78, 5) is 14.8. The minimum Gasteiger partial charge on any atom is -0.426 e. The molecule has 0 saturated heterocycles. The van der Waals surface area contributed by atoms with Crippen molar-refractivity contribution < 1.29 is 22.7 Å². The smallest absolute Gasteiger partial charge is 0.396 e. The van der Waals surface area contributed by atoms with Crippen LogP contribution in [0.4, 0.5) is 4.39 Å². The molecule has 0 saturated carbocycles. The molecule has 1 N–H and O–H groups in total. The summed E-state index contributed by atoms with van der Waals surface area (Å²) in [6.07, 6.45) is 6.25. The summed E-state index contributed by atoms with van der Waals surface area (Å²) >= 11 is 5.06. The molecular formula is C28H38B2FN2O5PS. The fourth-order valence-corrected chi connectivity index (χ4v) is 5.36. The molecule has 2 unspecified atom stereocenters. The van der Waals surface area contributed by atoms with Gasteiger partial charge in [0.1, 0.15) is 31.9 Å². The number of methoxy groups -OCH3 is 1. The van der Waals surface area contributed by atoms with Gasteiger partial charge in [-0.25, -0.2) is 9.18 Å². The van der Waals surface area contributed by atoms with E-state index in [1.54, 1.807) is 0 Å². The Hall–Kier alpha value is -1.95. The van der Waals surface area contributed by atoms with Gasteiger partial charge in [0.2, 0.25) is 0 Å². The van der Waals surface area contributed by atoms with E-state index in [0.29, 0.717) is 22.4 Å². The fraction of sp³-hybridized carbons (Fsp3) is 0.571. The van der Waals surface area contributed by atoms with E-state index in [2.05, 4.69) is 10.9 Å². The van der Waals surface area contributed by atoms with Crippen LogP contribution >= 0.6 is 20.8 Å². The second kappa shape index (κ2) is 13.4. The standard InChI is InChI=1S/C26H32B2FN2O5PS.C2H6/c1-9-15-13-31(23(32)30-22(15)38)11-10-19(33-8)26(27,28)36-37-34-14-16-20(29)17(24(2,3)4)12-18(21(16)35-37)25(5,6)7;1-2/h1,12-13,19H,10-11,14H2,2-8H3,(H,30,32,38);1-2H3. The van der Waals surface area contributed by atoms with Gasteiger partial charge in [-0.2, -0.15) is 0 Å². The predicted octanol–water partition coefficient (Wildman–Crippen LogP) is 5.90. The number of nitrogens with one attached hydrogen (secondary N) is 1. The van der Waals surface area contributed by atoms with E-state index in [1.165, 1.54) is 17.9 Å². The van der Waals surface area contributed by atoms with Crippen LogP contribution in [0.5, 0.6) is 5.75 Å². The monoisotopic (exact) mass is 586 g/mol. The molecule has 40 heavy (non-hydrogen) atoms. The van der Waals surface area contributed by atoms with Gasteiger partial charge < -0.3 is 13.8 Å². The number of aromatic amines is 1. The lowest BCUT2D eigenvalue weighted by atomic mass is 9.61. The molecule has 214 valence electrons. The third kappa shape index (κ3) is 7.86. The second-order valence-electron chi connectivity index (χ2n) is 11.3. The molecule has 0 spiro atoms. The number of ether oxygens (including phenoxy) is 1. The molecule has 0 aliphatic carbocycles. The highest BCUT2D eigenvalue weighted by atomic mass is 32.1. The number of fused-ring (bicyclic) bond motifs is 1. The minimum atomic E-state index is -2.09. The number of aryl methyl sites for hydroxylation is 1. The zero-order valence-electron chi connectivity index (χ0n) is 24.8. The Labute approximate surface area is 246 Å². The summed E-state index contributed by atoms with van der Waals surface area (Å²) < 4.78 is 40.2. The third-order valence-corrected chi connectivity index (χ3v) is 7.68. The van der Waals surface area contributed by atoms with E-state index in [0.717, 1.165) is 5.56 Å². The molecule has 7 nitrogen and oxygen atoms in total. The van der Waals surface area contributed by atoms with Crippen LogP contribution in [0.1, 0.15) is 84.1 Å². The maximum absolute atomic E-state index is 15.5. The van der Waals surface area contributed by atoms with Gasteiger partial charge >= 0.3 is 14.3 Å². The number of hydrogen-bond acceptors (Lipinski definition) is 6. The lowest BCUT2D eigenvalue weighted by Crippen LogP contribution is -2.47. The van der Waals surface area contributed by atoms with Crippen molar-refractivity contribution in [1.82, 2.24) is 9.55 Å². The molecule has 1 aromatic heterocycles. The number of terminal acetylenes is 1. The molecule has 2 atom stereocenters. The maximum atomic E-state index is 15.5. The van der Waals surface area contributed by atoms with Crippen molar-refractivity contribution in [1.29, 1.82) is 0 Å². The van der Waals surface area contributed by atoms with E-state index in [4.69, 9.17) is 52.6 Å². The lowest BCUT2D eigenvalue weighted by Gasteiger charge is -2.39. The van der Waals surface area contributed by atoms with E-state index >= 15 is 4.39 Å². The molecule has 1 aliphatic heterocycles. The topological polar surface area (TPSA) is 74.7 Å². The Morgan fingerprint density at radius 3 is 2.35 bits per heavy atom. The highest BCUT2D eigenvalue weighted by Crippen LogP contribution is 2.54. The van der Waals surface area contributed by atoms with Crippen molar-refractivity contribution in [2.75, 3.05) is 7.11 Å². The highest BCUT2D eigenvalue weighted by Gasteiger charge is 2.40. The van der Waals surface area contributed by atoms with Crippen LogP contribution < -0.4 is 10.2 Å². The molecule has 2 aromatic rings. The molecule has 3 rings (SSSR count). The lowest BCUT2D eigenvalue weighted by molar-refractivity contribution is 0.000854. The van der Waals surface area contributed by atoms with E-state index in [-0.39, 0.29) is 35.4 Å². The highest BCUT2D eigenvalue weighted by molar-refractivity contribution is 7.71. The van der Waals surface area contributed by atoms with Crippen molar-refractivity contribution in [3.05, 3.63) is 55.5 Å². The number of H-pyrrole nitrogens is 1. The van der Waals surface area contributed by atoms with Crippen molar-refractivity contribution >= 4 is 36.5 Å². The summed E-state index contributed by atoms with van der Waals surface area (Å²) in [5.74, 6) is 2.44. The van der Waals surface area contributed by atoms with Crippen LogP contribution in [0.25, 0.3) is 0 Å². The van der Waals surface area contributed by atoms with E-state index in [1.807, 2.05) is 61.5 Å².